The van der Waals surface area contributed by atoms with Gasteiger partial charge in [0.1, 0.15) is 13.9 Å². The number of hydrogen-bond donors (Lipinski definition) is 0. The fraction of sp³-hybridized carbons (Fsp3) is 0.231. The van der Waals surface area contributed by atoms with Crippen LogP contribution >= 0.6 is 11.6 Å². The molecule has 2 heterocycles. The van der Waals surface area contributed by atoms with Crippen LogP contribution in [0.2, 0.25) is 24.8 Å². The number of hydrogen-bond acceptors (Lipinski definition) is 2. The number of aromatic nitrogens is 3. The summed E-state index contributed by atoms with van der Waals surface area (Å²) in [6, 6.07) is 1.34. The van der Waals surface area contributed by atoms with Crippen molar-refractivity contribution in [3.63, 3.8) is 0 Å². The first-order valence-electron chi connectivity index (χ1n) is 5.74. The molecule has 2 rings (SSSR count). The molecular formula is C13H13ClFN3Si. The summed E-state index contributed by atoms with van der Waals surface area (Å²) >= 11 is 6.03. The van der Waals surface area contributed by atoms with E-state index in [4.69, 9.17) is 11.6 Å². The van der Waals surface area contributed by atoms with Crippen LogP contribution in [0.25, 0.3) is 5.69 Å². The number of halogens is 2. The van der Waals surface area contributed by atoms with E-state index in [1.165, 1.54) is 16.9 Å². The zero-order valence-electron chi connectivity index (χ0n) is 10.9. The molecule has 0 unspecified atom stereocenters. The maximum Gasteiger partial charge on any atom is 0.167 e. The van der Waals surface area contributed by atoms with Crippen LogP contribution in [-0.4, -0.2) is 22.8 Å². The van der Waals surface area contributed by atoms with E-state index in [1.54, 1.807) is 6.20 Å². The first-order valence-corrected chi connectivity index (χ1v) is 9.62. The van der Waals surface area contributed by atoms with Crippen LogP contribution in [0.5, 0.6) is 0 Å². The molecular weight excluding hydrogens is 281 g/mol. The van der Waals surface area contributed by atoms with E-state index < -0.39 is 13.9 Å². The Morgan fingerprint density at radius 3 is 2.68 bits per heavy atom. The van der Waals surface area contributed by atoms with Crippen LogP contribution < -0.4 is 0 Å². The SMILES string of the molecule is C[Si](C)(C)C#Cc1cn(-c2cncc(F)c2)nc1Cl. The van der Waals surface area contributed by atoms with Gasteiger partial charge in [-0.1, -0.05) is 37.2 Å². The van der Waals surface area contributed by atoms with Crippen molar-refractivity contribution in [2.24, 2.45) is 0 Å². The van der Waals surface area contributed by atoms with E-state index in [9.17, 15) is 4.39 Å². The molecule has 0 spiro atoms. The summed E-state index contributed by atoms with van der Waals surface area (Å²) in [6.45, 7) is 6.44. The molecule has 2 aromatic heterocycles. The predicted octanol–water partition coefficient (Wildman–Crippen LogP) is 3.29. The Morgan fingerprint density at radius 2 is 2.05 bits per heavy atom. The summed E-state index contributed by atoms with van der Waals surface area (Å²) < 4.78 is 14.6. The van der Waals surface area contributed by atoms with Crippen LogP contribution in [0.1, 0.15) is 5.56 Å². The maximum absolute atomic E-state index is 13.1. The molecule has 0 aromatic carbocycles. The minimum absolute atomic E-state index is 0.315. The largest absolute Gasteiger partial charge is 0.259 e. The summed E-state index contributed by atoms with van der Waals surface area (Å²) in [7, 11) is -1.47. The van der Waals surface area contributed by atoms with E-state index in [-0.39, 0.29) is 0 Å². The second kappa shape index (κ2) is 5.15. The fourth-order valence-electron chi connectivity index (χ4n) is 1.35. The Morgan fingerprint density at radius 1 is 1.32 bits per heavy atom. The van der Waals surface area contributed by atoms with E-state index in [0.29, 0.717) is 16.4 Å². The van der Waals surface area contributed by atoms with Crippen molar-refractivity contribution in [1.82, 2.24) is 14.8 Å². The molecule has 0 fully saturated rings. The van der Waals surface area contributed by atoms with E-state index in [2.05, 4.69) is 41.2 Å². The van der Waals surface area contributed by atoms with Crippen LogP contribution in [0, 0.1) is 17.3 Å². The van der Waals surface area contributed by atoms with Gasteiger partial charge in [0, 0.05) is 12.3 Å². The van der Waals surface area contributed by atoms with Crippen LogP contribution in [0.15, 0.2) is 24.7 Å². The van der Waals surface area contributed by atoms with Gasteiger partial charge in [-0.25, -0.2) is 9.07 Å². The molecule has 0 aliphatic carbocycles. The second-order valence-corrected chi connectivity index (χ2v) is 10.2. The highest BCUT2D eigenvalue weighted by molar-refractivity contribution is 6.83. The number of nitrogens with zero attached hydrogens (tertiary/aromatic N) is 3. The highest BCUT2D eigenvalue weighted by atomic mass is 35.5. The third-order valence-electron chi connectivity index (χ3n) is 2.20. The summed E-state index contributed by atoms with van der Waals surface area (Å²) in [5.74, 6) is 2.62. The van der Waals surface area contributed by atoms with Gasteiger partial charge in [0.05, 0.1) is 23.6 Å². The number of rotatable bonds is 1. The van der Waals surface area contributed by atoms with E-state index in [0.717, 1.165) is 6.20 Å². The van der Waals surface area contributed by atoms with E-state index in [1.807, 2.05) is 0 Å². The van der Waals surface area contributed by atoms with E-state index >= 15 is 0 Å². The zero-order valence-corrected chi connectivity index (χ0v) is 12.7. The van der Waals surface area contributed by atoms with Gasteiger partial charge in [0.2, 0.25) is 0 Å². The first kappa shape index (κ1) is 13.8. The van der Waals surface area contributed by atoms with Gasteiger partial charge < -0.3 is 0 Å². The molecule has 0 amide bonds. The van der Waals surface area contributed by atoms with Crippen molar-refractivity contribution in [2.75, 3.05) is 0 Å². The molecule has 0 radical (unpaired) electrons. The third-order valence-corrected chi connectivity index (χ3v) is 3.35. The van der Waals surface area contributed by atoms with Crippen molar-refractivity contribution in [1.29, 1.82) is 0 Å². The van der Waals surface area contributed by atoms with Crippen molar-refractivity contribution < 1.29 is 4.39 Å². The molecule has 2 aromatic rings. The summed E-state index contributed by atoms with van der Waals surface area (Å²) in [6.07, 6.45) is 4.34. The van der Waals surface area contributed by atoms with Gasteiger partial charge >= 0.3 is 0 Å². The Bertz CT molecular complexity index is 665. The minimum Gasteiger partial charge on any atom is -0.259 e. The van der Waals surface area contributed by atoms with Crippen molar-refractivity contribution >= 4 is 19.7 Å². The molecule has 0 aliphatic heterocycles. The van der Waals surface area contributed by atoms with Gasteiger partial charge in [-0.05, 0) is 0 Å². The lowest BCUT2D eigenvalue weighted by molar-refractivity contribution is 0.618. The highest BCUT2D eigenvalue weighted by Crippen LogP contribution is 2.16. The van der Waals surface area contributed by atoms with Crippen LogP contribution in [0.3, 0.4) is 0 Å². The minimum atomic E-state index is -1.47. The third kappa shape index (κ3) is 3.66. The molecule has 0 aliphatic rings. The number of pyridine rings is 1. The molecule has 0 N–H and O–H groups in total. The molecule has 19 heavy (non-hydrogen) atoms. The molecule has 0 saturated heterocycles. The average Bonchev–Trinajstić information content (AvgIpc) is 2.67. The Hall–Kier alpha value is -1.64. The van der Waals surface area contributed by atoms with Gasteiger partial charge in [-0.15, -0.1) is 5.54 Å². The van der Waals surface area contributed by atoms with Gasteiger partial charge in [-0.3, -0.25) is 4.98 Å². The molecule has 6 heteroatoms. The molecule has 0 saturated carbocycles. The lowest BCUT2D eigenvalue weighted by Gasteiger charge is -2.02. The van der Waals surface area contributed by atoms with Gasteiger partial charge in [-0.2, -0.15) is 5.10 Å². The fourth-order valence-corrected chi connectivity index (χ4v) is 2.04. The normalized spacial score (nSPS) is 11.0. The standard InChI is InChI=1S/C13H13ClFN3Si/c1-19(2,3)5-4-10-9-18(17-13(10)14)12-6-11(15)7-16-8-12/h6-9H,1-3H3. The monoisotopic (exact) mass is 293 g/mol. The summed E-state index contributed by atoms with van der Waals surface area (Å²) in [5, 5.41) is 4.43. The van der Waals surface area contributed by atoms with Gasteiger partial charge in [0.15, 0.2) is 5.15 Å². The van der Waals surface area contributed by atoms with Crippen LogP contribution in [0.4, 0.5) is 4.39 Å². The Balaban J connectivity index is 2.38. The quantitative estimate of drug-likeness (QED) is 0.597. The summed E-state index contributed by atoms with van der Waals surface area (Å²) in [5.41, 5.74) is 4.38. The maximum atomic E-state index is 13.1. The van der Waals surface area contributed by atoms with Crippen molar-refractivity contribution in [3.8, 4) is 17.2 Å². The van der Waals surface area contributed by atoms with Crippen molar-refractivity contribution in [2.45, 2.75) is 19.6 Å². The summed E-state index contributed by atoms with van der Waals surface area (Å²) in [4.78, 5) is 3.78. The molecule has 3 nitrogen and oxygen atoms in total. The average molecular weight is 294 g/mol. The smallest absolute Gasteiger partial charge is 0.167 e. The van der Waals surface area contributed by atoms with Gasteiger partial charge in [0.25, 0.3) is 0 Å². The highest BCUT2D eigenvalue weighted by Gasteiger charge is 2.10. The van der Waals surface area contributed by atoms with Crippen LogP contribution in [-0.2, 0) is 0 Å². The Kier molecular flexibility index (Phi) is 3.74. The Labute approximate surface area is 117 Å². The lowest BCUT2D eigenvalue weighted by Crippen LogP contribution is -2.16. The lowest BCUT2D eigenvalue weighted by atomic mass is 10.4. The molecule has 0 bridgehead atoms. The first-order chi connectivity index (χ1) is 8.85. The second-order valence-electron chi connectivity index (χ2n) is 5.14. The zero-order chi connectivity index (χ0) is 14.0. The predicted molar refractivity (Wildman–Crippen MR) is 76.6 cm³/mol. The topological polar surface area (TPSA) is 30.7 Å². The molecule has 98 valence electrons. The van der Waals surface area contributed by atoms with Crippen molar-refractivity contribution in [3.05, 3.63) is 41.2 Å². The molecule has 0 atom stereocenters.